The predicted molar refractivity (Wildman–Crippen MR) is 68.1 cm³/mol. The molecule has 2 aliphatic rings. The fourth-order valence-electron chi connectivity index (χ4n) is 2.97. The van der Waals surface area contributed by atoms with Gasteiger partial charge in [-0.1, -0.05) is 13.3 Å². The zero-order chi connectivity index (χ0) is 13.1. The van der Waals surface area contributed by atoms with Crippen LogP contribution in [-0.2, 0) is 9.59 Å². The third-order valence-electron chi connectivity index (χ3n) is 4.11. The second-order valence-corrected chi connectivity index (χ2v) is 5.66. The van der Waals surface area contributed by atoms with E-state index in [1.165, 1.54) is 0 Å². The molecule has 102 valence electrons. The highest BCUT2D eigenvalue weighted by Gasteiger charge is 2.38. The van der Waals surface area contributed by atoms with Crippen LogP contribution >= 0.6 is 0 Å². The first-order valence-electron chi connectivity index (χ1n) is 7.16. The lowest BCUT2D eigenvalue weighted by molar-refractivity contribution is -0.145. The summed E-state index contributed by atoms with van der Waals surface area (Å²) < 4.78 is 0. The first-order valence-corrected chi connectivity index (χ1v) is 7.16. The van der Waals surface area contributed by atoms with Gasteiger partial charge in [0.25, 0.3) is 0 Å². The van der Waals surface area contributed by atoms with Crippen molar-refractivity contribution in [3.05, 3.63) is 0 Å². The Morgan fingerprint density at radius 1 is 1.17 bits per heavy atom. The summed E-state index contributed by atoms with van der Waals surface area (Å²) in [5, 5.41) is 9.08. The number of nitrogens with zero attached hydrogens (tertiary/aromatic N) is 1. The van der Waals surface area contributed by atoms with Crippen LogP contribution in [-0.4, -0.2) is 34.5 Å². The number of aliphatic carboxylic acids is 1. The summed E-state index contributed by atoms with van der Waals surface area (Å²) in [7, 11) is 0. The van der Waals surface area contributed by atoms with E-state index in [1.807, 2.05) is 4.90 Å². The van der Waals surface area contributed by atoms with Crippen LogP contribution in [0.25, 0.3) is 0 Å². The number of carbonyl (C=O) groups is 2. The molecule has 0 heterocycles. The van der Waals surface area contributed by atoms with Gasteiger partial charge in [0, 0.05) is 18.5 Å². The molecule has 2 saturated carbocycles. The smallest absolute Gasteiger partial charge is 0.306 e. The minimum Gasteiger partial charge on any atom is -0.481 e. The molecule has 4 nitrogen and oxygen atoms in total. The molecule has 0 aromatic carbocycles. The lowest BCUT2D eigenvalue weighted by Gasteiger charge is -2.31. The number of carboxylic acid groups (broad SMARTS) is 1. The van der Waals surface area contributed by atoms with Crippen molar-refractivity contribution in [3.8, 4) is 0 Å². The van der Waals surface area contributed by atoms with Crippen LogP contribution in [0.4, 0.5) is 0 Å². The Labute approximate surface area is 108 Å². The first kappa shape index (κ1) is 13.4. The Morgan fingerprint density at radius 2 is 1.83 bits per heavy atom. The van der Waals surface area contributed by atoms with Crippen LogP contribution < -0.4 is 0 Å². The van der Waals surface area contributed by atoms with Crippen LogP contribution in [0.3, 0.4) is 0 Å². The van der Waals surface area contributed by atoms with E-state index in [0.717, 1.165) is 45.1 Å². The van der Waals surface area contributed by atoms with E-state index in [-0.39, 0.29) is 17.7 Å². The maximum atomic E-state index is 12.5. The average molecular weight is 253 g/mol. The van der Waals surface area contributed by atoms with Crippen molar-refractivity contribution in [1.82, 2.24) is 4.90 Å². The van der Waals surface area contributed by atoms with Crippen LogP contribution in [0.1, 0.15) is 51.9 Å². The lowest BCUT2D eigenvalue weighted by atomic mass is 9.80. The first-order chi connectivity index (χ1) is 8.63. The summed E-state index contributed by atoms with van der Waals surface area (Å²) in [5.41, 5.74) is 0. The van der Waals surface area contributed by atoms with E-state index in [9.17, 15) is 9.59 Å². The van der Waals surface area contributed by atoms with Crippen molar-refractivity contribution in [1.29, 1.82) is 0 Å². The molecule has 2 unspecified atom stereocenters. The molecule has 0 bridgehead atoms. The molecule has 2 fully saturated rings. The molecule has 4 heteroatoms. The van der Waals surface area contributed by atoms with E-state index in [0.29, 0.717) is 12.5 Å². The van der Waals surface area contributed by atoms with Gasteiger partial charge >= 0.3 is 5.97 Å². The molecule has 0 spiro atoms. The minimum absolute atomic E-state index is 0.0491. The number of rotatable bonds is 5. The summed E-state index contributed by atoms with van der Waals surface area (Å²) in [6, 6.07) is 0.447. The fourth-order valence-corrected chi connectivity index (χ4v) is 2.97. The molecule has 0 aromatic heterocycles. The van der Waals surface area contributed by atoms with Crippen molar-refractivity contribution in [2.75, 3.05) is 6.54 Å². The van der Waals surface area contributed by atoms with Gasteiger partial charge in [-0.3, -0.25) is 9.59 Å². The molecule has 2 atom stereocenters. The van der Waals surface area contributed by atoms with Crippen molar-refractivity contribution in [2.45, 2.75) is 57.9 Å². The topological polar surface area (TPSA) is 57.6 Å². The van der Waals surface area contributed by atoms with Crippen LogP contribution in [0.2, 0.25) is 0 Å². The molecule has 18 heavy (non-hydrogen) atoms. The van der Waals surface area contributed by atoms with Gasteiger partial charge in [-0.15, -0.1) is 0 Å². The zero-order valence-corrected chi connectivity index (χ0v) is 11.1. The van der Waals surface area contributed by atoms with Crippen LogP contribution in [0.5, 0.6) is 0 Å². The molecule has 0 aliphatic heterocycles. The molecule has 0 saturated heterocycles. The average Bonchev–Trinajstić information content (AvgIpc) is 3.19. The number of carbonyl (C=O) groups excluding carboxylic acids is 1. The SMILES string of the molecule is CCCN(C(=O)C1CCCC(C(=O)O)C1)C1CC1. The molecular formula is C14H23NO3. The standard InChI is InChI=1S/C14H23NO3/c1-2-8-15(12-6-7-12)13(16)10-4-3-5-11(9-10)14(17)18/h10-12H,2-9H2,1H3,(H,17,18). The lowest BCUT2D eigenvalue weighted by Crippen LogP contribution is -2.40. The Balaban J connectivity index is 1.96. The summed E-state index contributed by atoms with van der Waals surface area (Å²) in [5.74, 6) is -0.881. The van der Waals surface area contributed by atoms with Gasteiger partial charge in [-0.25, -0.2) is 0 Å². The van der Waals surface area contributed by atoms with Crippen molar-refractivity contribution >= 4 is 11.9 Å². The van der Waals surface area contributed by atoms with Gasteiger partial charge in [-0.2, -0.15) is 0 Å². The van der Waals surface area contributed by atoms with Crippen LogP contribution in [0.15, 0.2) is 0 Å². The van der Waals surface area contributed by atoms with Gasteiger partial charge < -0.3 is 10.0 Å². The Hall–Kier alpha value is -1.06. The Kier molecular flexibility index (Phi) is 4.25. The van der Waals surface area contributed by atoms with E-state index < -0.39 is 5.97 Å². The maximum Gasteiger partial charge on any atom is 0.306 e. The molecule has 1 N–H and O–H groups in total. The number of hydrogen-bond acceptors (Lipinski definition) is 2. The molecule has 2 aliphatic carbocycles. The quantitative estimate of drug-likeness (QED) is 0.817. The van der Waals surface area contributed by atoms with E-state index in [2.05, 4.69) is 6.92 Å². The summed E-state index contributed by atoms with van der Waals surface area (Å²) in [4.78, 5) is 25.5. The van der Waals surface area contributed by atoms with Crippen molar-refractivity contribution < 1.29 is 14.7 Å². The van der Waals surface area contributed by atoms with Crippen molar-refractivity contribution in [3.63, 3.8) is 0 Å². The molecule has 0 aromatic rings. The van der Waals surface area contributed by atoms with Crippen LogP contribution in [0, 0.1) is 11.8 Å². The normalized spacial score (nSPS) is 27.8. The monoisotopic (exact) mass is 253 g/mol. The largest absolute Gasteiger partial charge is 0.481 e. The highest BCUT2D eigenvalue weighted by molar-refractivity contribution is 5.81. The van der Waals surface area contributed by atoms with E-state index in [4.69, 9.17) is 5.11 Å². The van der Waals surface area contributed by atoms with E-state index >= 15 is 0 Å². The fraction of sp³-hybridized carbons (Fsp3) is 0.857. The maximum absolute atomic E-state index is 12.5. The zero-order valence-electron chi connectivity index (χ0n) is 11.1. The summed E-state index contributed by atoms with van der Waals surface area (Å²) >= 11 is 0. The summed E-state index contributed by atoms with van der Waals surface area (Å²) in [6.07, 6.45) is 6.25. The molecular weight excluding hydrogens is 230 g/mol. The Morgan fingerprint density at radius 3 is 2.39 bits per heavy atom. The molecule has 0 radical (unpaired) electrons. The van der Waals surface area contributed by atoms with Gasteiger partial charge in [0.05, 0.1) is 5.92 Å². The number of amides is 1. The number of carboxylic acids is 1. The number of hydrogen-bond donors (Lipinski definition) is 1. The van der Waals surface area contributed by atoms with Gasteiger partial charge in [0.2, 0.25) is 5.91 Å². The van der Waals surface area contributed by atoms with Crippen molar-refractivity contribution in [2.24, 2.45) is 11.8 Å². The third-order valence-corrected chi connectivity index (χ3v) is 4.11. The second kappa shape index (κ2) is 5.72. The highest BCUT2D eigenvalue weighted by Crippen LogP contribution is 2.34. The van der Waals surface area contributed by atoms with Gasteiger partial charge in [-0.05, 0) is 38.5 Å². The predicted octanol–water partition coefficient (Wildman–Crippen LogP) is 2.28. The van der Waals surface area contributed by atoms with Gasteiger partial charge in [0.15, 0.2) is 0 Å². The minimum atomic E-state index is -0.735. The second-order valence-electron chi connectivity index (χ2n) is 5.66. The van der Waals surface area contributed by atoms with Gasteiger partial charge in [0.1, 0.15) is 0 Å². The Bertz CT molecular complexity index is 325. The summed E-state index contributed by atoms with van der Waals surface area (Å²) in [6.45, 7) is 2.92. The molecule has 2 rings (SSSR count). The highest BCUT2D eigenvalue weighted by atomic mass is 16.4. The third kappa shape index (κ3) is 3.03. The van der Waals surface area contributed by atoms with E-state index in [1.54, 1.807) is 0 Å². The molecule has 1 amide bonds.